The molecule has 1 heterocycles. The molecule has 0 aliphatic carbocycles. The predicted molar refractivity (Wildman–Crippen MR) is 78.3 cm³/mol. The van der Waals surface area contributed by atoms with Crippen LogP contribution in [0.15, 0.2) is 12.3 Å². The van der Waals surface area contributed by atoms with Gasteiger partial charge in [-0.1, -0.05) is 0 Å². The summed E-state index contributed by atoms with van der Waals surface area (Å²) < 4.78 is 0. The van der Waals surface area contributed by atoms with E-state index in [1.807, 2.05) is 0 Å². The summed E-state index contributed by atoms with van der Waals surface area (Å²) in [6.07, 6.45) is 1.09. The Bertz CT molecular complexity index is 539. The molecule has 0 aliphatic rings. The predicted octanol–water partition coefficient (Wildman–Crippen LogP) is 1.26. The first-order valence-corrected chi connectivity index (χ1v) is 6.53. The standard InChI is InChI=1S/C13H20N4O4/c1-5-16(8-13(2,3)19)12(18)10-6-9(17(20)21)7-15-11(10)14-4/h6-7,19H,5,8H2,1-4H3,(H,14,15). The minimum absolute atomic E-state index is 0.109. The van der Waals surface area contributed by atoms with Crippen molar-refractivity contribution in [3.05, 3.63) is 27.9 Å². The molecule has 0 saturated carbocycles. The molecule has 0 unspecified atom stereocenters. The molecule has 0 spiro atoms. The number of hydrogen-bond donors (Lipinski definition) is 2. The molecule has 0 aliphatic heterocycles. The van der Waals surface area contributed by atoms with Gasteiger partial charge in [0.15, 0.2) is 0 Å². The monoisotopic (exact) mass is 296 g/mol. The van der Waals surface area contributed by atoms with Crippen molar-refractivity contribution < 1.29 is 14.8 Å². The van der Waals surface area contributed by atoms with Gasteiger partial charge in [0.25, 0.3) is 11.6 Å². The maximum Gasteiger partial charge on any atom is 0.288 e. The fourth-order valence-electron chi connectivity index (χ4n) is 1.88. The maximum atomic E-state index is 12.5. The van der Waals surface area contributed by atoms with E-state index in [0.29, 0.717) is 6.54 Å². The molecule has 0 aromatic carbocycles. The van der Waals surface area contributed by atoms with Crippen molar-refractivity contribution in [3.8, 4) is 0 Å². The average Bonchev–Trinajstić information content (AvgIpc) is 2.42. The maximum absolute atomic E-state index is 12.5. The SMILES string of the molecule is CCN(CC(C)(C)O)C(=O)c1cc([N+](=O)[O-])cnc1NC. The van der Waals surface area contributed by atoms with Crippen molar-refractivity contribution in [3.63, 3.8) is 0 Å². The van der Waals surface area contributed by atoms with E-state index in [1.165, 1.54) is 11.0 Å². The molecule has 0 atom stereocenters. The molecule has 1 amide bonds. The molecule has 0 bridgehead atoms. The fraction of sp³-hybridized carbons (Fsp3) is 0.538. The minimum atomic E-state index is -1.06. The number of aromatic nitrogens is 1. The first kappa shape index (κ1) is 16.8. The van der Waals surface area contributed by atoms with Crippen molar-refractivity contribution in [2.24, 2.45) is 0 Å². The van der Waals surface area contributed by atoms with Crippen LogP contribution in [0.2, 0.25) is 0 Å². The number of carbonyl (C=O) groups excluding carboxylic acids is 1. The summed E-state index contributed by atoms with van der Waals surface area (Å²) in [6, 6.07) is 1.19. The van der Waals surface area contributed by atoms with E-state index < -0.39 is 16.4 Å². The third-order valence-electron chi connectivity index (χ3n) is 2.80. The Labute approximate surface area is 122 Å². The van der Waals surface area contributed by atoms with E-state index in [1.54, 1.807) is 27.8 Å². The van der Waals surface area contributed by atoms with Gasteiger partial charge in [0.1, 0.15) is 12.0 Å². The van der Waals surface area contributed by atoms with Crippen LogP contribution in [-0.2, 0) is 0 Å². The van der Waals surface area contributed by atoms with Gasteiger partial charge in [-0.2, -0.15) is 0 Å². The zero-order valence-electron chi connectivity index (χ0n) is 12.6. The van der Waals surface area contributed by atoms with Gasteiger partial charge >= 0.3 is 0 Å². The smallest absolute Gasteiger partial charge is 0.288 e. The first-order chi connectivity index (χ1) is 9.69. The van der Waals surface area contributed by atoms with Gasteiger partial charge in [-0.05, 0) is 20.8 Å². The Kier molecular flexibility index (Phi) is 5.20. The number of likely N-dealkylation sites (N-methyl/N-ethyl adjacent to an activating group) is 1. The zero-order valence-corrected chi connectivity index (χ0v) is 12.6. The topological polar surface area (TPSA) is 109 Å². The average molecular weight is 296 g/mol. The largest absolute Gasteiger partial charge is 0.389 e. The Morgan fingerprint density at radius 3 is 2.62 bits per heavy atom. The van der Waals surface area contributed by atoms with E-state index in [-0.39, 0.29) is 23.6 Å². The molecular formula is C13H20N4O4. The van der Waals surface area contributed by atoms with Crippen LogP contribution in [0.25, 0.3) is 0 Å². The first-order valence-electron chi connectivity index (χ1n) is 6.53. The van der Waals surface area contributed by atoms with Gasteiger partial charge in [-0.15, -0.1) is 0 Å². The van der Waals surface area contributed by atoms with Crippen LogP contribution in [0, 0.1) is 10.1 Å². The molecule has 21 heavy (non-hydrogen) atoms. The molecule has 1 aromatic heterocycles. The second-order valence-electron chi connectivity index (χ2n) is 5.23. The number of nitrogens with zero attached hydrogens (tertiary/aromatic N) is 3. The second kappa shape index (κ2) is 6.49. The summed E-state index contributed by atoms with van der Waals surface area (Å²) >= 11 is 0. The van der Waals surface area contributed by atoms with E-state index in [2.05, 4.69) is 10.3 Å². The highest BCUT2D eigenvalue weighted by atomic mass is 16.6. The summed E-state index contributed by atoms with van der Waals surface area (Å²) in [7, 11) is 1.58. The van der Waals surface area contributed by atoms with Gasteiger partial charge in [-0.25, -0.2) is 4.98 Å². The van der Waals surface area contributed by atoms with Crippen molar-refractivity contribution in [1.82, 2.24) is 9.88 Å². The van der Waals surface area contributed by atoms with E-state index in [9.17, 15) is 20.0 Å². The van der Waals surface area contributed by atoms with Gasteiger partial charge < -0.3 is 15.3 Å². The lowest BCUT2D eigenvalue weighted by Gasteiger charge is -2.28. The Morgan fingerprint density at radius 1 is 1.57 bits per heavy atom. The zero-order chi connectivity index (χ0) is 16.2. The van der Waals surface area contributed by atoms with Crippen LogP contribution in [-0.4, -0.2) is 51.6 Å². The number of amides is 1. The molecule has 0 fully saturated rings. The minimum Gasteiger partial charge on any atom is -0.389 e. The second-order valence-corrected chi connectivity index (χ2v) is 5.23. The molecule has 1 rings (SSSR count). The number of carbonyl (C=O) groups is 1. The third kappa shape index (κ3) is 4.38. The van der Waals surface area contributed by atoms with Crippen molar-refractivity contribution in [1.29, 1.82) is 0 Å². The molecule has 1 aromatic rings. The highest BCUT2D eigenvalue weighted by Crippen LogP contribution is 2.21. The van der Waals surface area contributed by atoms with Crippen molar-refractivity contribution in [2.45, 2.75) is 26.4 Å². The third-order valence-corrected chi connectivity index (χ3v) is 2.80. The number of nitrogens with one attached hydrogen (secondary N) is 1. The summed E-state index contributed by atoms with van der Waals surface area (Å²) in [6.45, 7) is 5.44. The lowest BCUT2D eigenvalue weighted by molar-refractivity contribution is -0.385. The van der Waals surface area contributed by atoms with Crippen molar-refractivity contribution >= 4 is 17.4 Å². The quantitative estimate of drug-likeness (QED) is 0.604. The number of rotatable bonds is 6. The van der Waals surface area contributed by atoms with E-state index in [4.69, 9.17) is 0 Å². The Morgan fingerprint density at radius 2 is 2.19 bits per heavy atom. The van der Waals surface area contributed by atoms with E-state index in [0.717, 1.165) is 6.20 Å². The van der Waals surface area contributed by atoms with Crippen LogP contribution < -0.4 is 5.32 Å². The summed E-state index contributed by atoms with van der Waals surface area (Å²) in [4.78, 5) is 28.1. The van der Waals surface area contributed by atoms with Gasteiger partial charge in [0.05, 0.1) is 16.1 Å². The summed E-state index contributed by atoms with van der Waals surface area (Å²) in [5, 5.41) is 23.4. The molecule has 116 valence electrons. The lowest BCUT2D eigenvalue weighted by atomic mass is 10.1. The number of anilines is 1. The number of aliphatic hydroxyl groups is 1. The molecule has 8 nitrogen and oxygen atoms in total. The van der Waals surface area contributed by atoms with Gasteiger partial charge in [0.2, 0.25) is 0 Å². The number of pyridine rings is 1. The van der Waals surface area contributed by atoms with Gasteiger partial charge in [0, 0.05) is 26.2 Å². The Balaban J connectivity index is 3.19. The molecule has 0 saturated heterocycles. The summed E-state index contributed by atoms with van der Waals surface area (Å²) in [5.74, 6) is -0.153. The summed E-state index contributed by atoms with van der Waals surface area (Å²) in [5.41, 5.74) is -1.20. The lowest BCUT2D eigenvalue weighted by Crippen LogP contribution is -2.42. The highest BCUT2D eigenvalue weighted by molar-refractivity contribution is 5.99. The van der Waals surface area contributed by atoms with Crippen LogP contribution in [0.4, 0.5) is 11.5 Å². The number of nitro groups is 1. The van der Waals surface area contributed by atoms with Crippen LogP contribution in [0.3, 0.4) is 0 Å². The highest BCUT2D eigenvalue weighted by Gasteiger charge is 2.25. The van der Waals surface area contributed by atoms with Crippen LogP contribution in [0.1, 0.15) is 31.1 Å². The fourth-order valence-corrected chi connectivity index (χ4v) is 1.88. The molecule has 2 N–H and O–H groups in total. The normalized spacial score (nSPS) is 11.1. The van der Waals surface area contributed by atoms with Crippen LogP contribution >= 0.6 is 0 Å². The van der Waals surface area contributed by atoms with Crippen molar-refractivity contribution in [2.75, 3.05) is 25.5 Å². The molecule has 0 radical (unpaired) electrons. The Hall–Kier alpha value is -2.22. The van der Waals surface area contributed by atoms with E-state index >= 15 is 0 Å². The van der Waals surface area contributed by atoms with Crippen LogP contribution in [0.5, 0.6) is 0 Å². The molecule has 8 heteroatoms. The molecular weight excluding hydrogens is 276 g/mol. The van der Waals surface area contributed by atoms with Gasteiger partial charge in [-0.3, -0.25) is 14.9 Å². The number of hydrogen-bond acceptors (Lipinski definition) is 6.